The molecule has 5 atom stereocenters. The van der Waals surface area contributed by atoms with Crippen molar-refractivity contribution >= 4 is 29.6 Å². The monoisotopic (exact) mass is 574 g/mol. The Morgan fingerprint density at radius 3 is 2.05 bits per heavy atom. The molecular weight excluding hydrogens is 533 g/mol. The number of ketones is 1. The average molecular weight is 575 g/mol. The Morgan fingerprint density at radius 2 is 1.60 bits per heavy atom. The number of alkyl halides is 3. The number of nitrogens with two attached hydrogens (primary N) is 1. The molecule has 13 heteroatoms. The number of ether oxygens (including phenoxy) is 1. The molecule has 0 radical (unpaired) electrons. The predicted octanol–water partition coefficient (Wildman–Crippen LogP) is 2.68. The first-order chi connectivity index (χ1) is 18.1. The van der Waals surface area contributed by atoms with Crippen LogP contribution in [0.15, 0.2) is 0 Å². The lowest BCUT2D eigenvalue weighted by Crippen LogP contribution is -2.61. The number of rotatable bonds is 9. The van der Waals surface area contributed by atoms with Gasteiger partial charge >= 0.3 is 12.3 Å². The third kappa shape index (κ3) is 6.22. The van der Waals surface area contributed by atoms with Gasteiger partial charge in [0, 0.05) is 6.54 Å². The second-order valence-electron chi connectivity index (χ2n) is 13.6. The van der Waals surface area contributed by atoms with Gasteiger partial charge in [-0.2, -0.15) is 13.2 Å². The molecule has 2 saturated carbocycles. The number of primary amides is 1. The number of halogens is 3. The normalized spacial score (nSPS) is 25.6. The maximum absolute atomic E-state index is 13.9. The number of carbonyl (C=O) groups is 5. The summed E-state index contributed by atoms with van der Waals surface area (Å²) in [5.74, 6) is -3.46. The number of nitrogens with one attached hydrogen (secondary N) is 2. The highest BCUT2D eigenvalue weighted by Gasteiger charge is 2.70. The summed E-state index contributed by atoms with van der Waals surface area (Å²) < 4.78 is 44.4. The van der Waals surface area contributed by atoms with Crippen LogP contribution in [0.4, 0.5) is 18.0 Å². The number of hydrogen-bond acceptors (Lipinski definition) is 6. The van der Waals surface area contributed by atoms with Crippen molar-refractivity contribution in [3.8, 4) is 0 Å². The van der Waals surface area contributed by atoms with E-state index in [0.29, 0.717) is 13.8 Å². The van der Waals surface area contributed by atoms with E-state index in [4.69, 9.17) is 5.73 Å². The van der Waals surface area contributed by atoms with Gasteiger partial charge in [-0.25, -0.2) is 4.79 Å². The van der Waals surface area contributed by atoms with Crippen molar-refractivity contribution < 1.29 is 41.9 Å². The lowest BCUT2D eigenvalue weighted by atomic mass is 9.80. The zero-order chi connectivity index (χ0) is 30.6. The molecule has 0 bridgehead atoms. The van der Waals surface area contributed by atoms with Crippen LogP contribution in [0.25, 0.3) is 0 Å². The van der Waals surface area contributed by atoms with E-state index in [-0.39, 0.29) is 36.1 Å². The third-order valence-electron chi connectivity index (χ3n) is 8.84. The fourth-order valence-corrected chi connectivity index (χ4v) is 5.79. The molecule has 1 heterocycles. The number of amides is 4. The minimum atomic E-state index is -4.84. The SMILES string of the molecule is CC(C)(C)[C@H](NC(=O)OC(C)(C)C(F)(F)F)C(=O)N1C[C@H]2[C@@H]([C@H]1C(=O)NC(CC1CCC1)C(=O)C(N)=O)C2(C)C. The fourth-order valence-electron chi connectivity index (χ4n) is 5.79. The summed E-state index contributed by atoms with van der Waals surface area (Å²) in [5, 5.41) is 4.95. The van der Waals surface area contributed by atoms with E-state index in [0.717, 1.165) is 19.3 Å². The minimum Gasteiger partial charge on any atom is -0.434 e. The van der Waals surface area contributed by atoms with Crippen LogP contribution in [-0.2, 0) is 23.9 Å². The molecule has 0 aromatic rings. The number of Topliss-reactive ketones (excluding diaryl/α,β-unsaturated/α-hetero) is 1. The second kappa shape index (κ2) is 10.5. The van der Waals surface area contributed by atoms with E-state index < -0.39 is 64.9 Å². The van der Waals surface area contributed by atoms with Crippen LogP contribution >= 0.6 is 0 Å². The lowest BCUT2D eigenvalue weighted by molar-refractivity contribution is -0.244. The van der Waals surface area contributed by atoms with Gasteiger partial charge < -0.3 is 26.0 Å². The van der Waals surface area contributed by atoms with Crippen LogP contribution in [0.3, 0.4) is 0 Å². The molecule has 3 rings (SSSR count). The van der Waals surface area contributed by atoms with Crippen LogP contribution in [0.1, 0.15) is 74.1 Å². The van der Waals surface area contributed by atoms with E-state index in [9.17, 15) is 37.1 Å². The molecule has 1 unspecified atom stereocenters. The maximum Gasteiger partial charge on any atom is 0.427 e. The van der Waals surface area contributed by atoms with Gasteiger partial charge in [-0.3, -0.25) is 19.2 Å². The molecular formula is C27H41F3N4O6. The van der Waals surface area contributed by atoms with Gasteiger partial charge in [0.15, 0.2) is 0 Å². The average Bonchev–Trinajstić information content (AvgIpc) is 3.10. The largest absolute Gasteiger partial charge is 0.434 e. The van der Waals surface area contributed by atoms with Crippen molar-refractivity contribution in [1.29, 1.82) is 0 Å². The van der Waals surface area contributed by atoms with E-state index in [1.165, 1.54) is 4.90 Å². The summed E-state index contributed by atoms with van der Waals surface area (Å²) in [6, 6.07) is -3.45. The van der Waals surface area contributed by atoms with Gasteiger partial charge in [0.2, 0.25) is 23.2 Å². The molecule has 0 aromatic heterocycles. The minimum absolute atomic E-state index is 0.0409. The molecule has 3 fully saturated rings. The highest BCUT2D eigenvalue weighted by Crippen LogP contribution is 2.65. The number of carbonyl (C=O) groups excluding carboxylic acids is 5. The van der Waals surface area contributed by atoms with Gasteiger partial charge in [0.1, 0.15) is 12.1 Å². The molecule has 4 N–H and O–H groups in total. The van der Waals surface area contributed by atoms with Crippen molar-refractivity contribution in [2.75, 3.05) is 6.54 Å². The highest BCUT2D eigenvalue weighted by molar-refractivity contribution is 6.37. The summed E-state index contributed by atoms with van der Waals surface area (Å²) in [6.07, 6.45) is -3.28. The van der Waals surface area contributed by atoms with E-state index >= 15 is 0 Å². The third-order valence-corrected chi connectivity index (χ3v) is 8.84. The summed E-state index contributed by atoms with van der Waals surface area (Å²) in [5.41, 5.74) is 1.19. The number of likely N-dealkylation sites (tertiary alicyclic amines) is 1. The summed E-state index contributed by atoms with van der Waals surface area (Å²) >= 11 is 0. The van der Waals surface area contributed by atoms with Gasteiger partial charge in [0.05, 0.1) is 6.04 Å². The zero-order valence-electron chi connectivity index (χ0n) is 24.1. The Kier molecular flexibility index (Phi) is 8.33. The number of alkyl carbamates (subject to hydrolysis) is 1. The molecule has 226 valence electrons. The molecule has 40 heavy (non-hydrogen) atoms. The molecule has 1 saturated heterocycles. The molecule has 10 nitrogen and oxygen atoms in total. The Morgan fingerprint density at radius 1 is 1.02 bits per heavy atom. The Hall–Kier alpha value is -2.86. The van der Waals surface area contributed by atoms with Crippen molar-refractivity contribution in [2.24, 2.45) is 34.3 Å². The van der Waals surface area contributed by atoms with Crippen molar-refractivity contribution in [2.45, 2.75) is 104 Å². The van der Waals surface area contributed by atoms with Gasteiger partial charge in [0.25, 0.3) is 5.91 Å². The fraction of sp³-hybridized carbons (Fsp3) is 0.815. The predicted molar refractivity (Wildman–Crippen MR) is 137 cm³/mol. The van der Waals surface area contributed by atoms with Crippen molar-refractivity contribution in [1.82, 2.24) is 15.5 Å². The maximum atomic E-state index is 13.9. The Bertz CT molecular complexity index is 1060. The summed E-state index contributed by atoms with van der Waals surface area (Å²) in [4.78, 5) is 65.6. The van der Waals surface area contributed by atoms with Gasteiger partial charge in [-0.05, 0) is 48.9 Å². The highest BCUT2D eigenvalue weighted by atomic mass is 19.4. The first-order valence-corrected chi connectivity index (χ1v) is 13.6. The first-order valence-electron chi connectivity index (χ1n) is 13.6. The number of nitrogens with zero attached hydrogens (tertiary/aromatic N) is 1. The molecule has 0 aromatic carbocycles. The van der Waals surface area contributed by atoms with Crippen LogP contribution in [0, 0.1) is 28.6 Å². The Labute approximate surface area is 232 Å². The van der Waals surface area contributed by atoms with Crippen LogP contribution in [0.2, 0.25) is 0 Å². The second-order valence-corrected chi connectivity index (χ2v) is 13.6. The standard InChI is InChI=1S/C27H41F3N4O6/c1-24(2,3)19(33-23(39)40-26(6,7)27(28,29)30)22(38)34-12-14-16(25(14,4)5)17(34)21(37)32-15(18(35)20(31)36)11-13-9-8-10-13/h13-17,19H,8-12H2,1-7H3,(H2,31,36)(H,32,37)(H,33,39)/t14-,15?,16-,17-,19+/m0/s1. The van der Waals surface area contributed by atoms with Crippen LogP contribution in [-0.4, -0.2) is 70.9 Å². The number of piperidine rings is 1. The topological polar surface area (TPSA) is 148 Å². The smallest absolute Gasteiger partial charge is 0.427 e. The number of hydrogen-bond donors (Lipinski definition) is 3. The van der Waals surface area contributed by atoms with Crippen LogP contribution < -0.4 is 16.4 Å². The van der Waals surface area contributed by atoms with Gasteiger partial charge in [-0.1, -0.05) is 53.9 Å². The van der Waals surface area contributed by atoms with E-state index in [1.54, 1.807) is 20.8 Å². The van der Waals surface area contributed by atoms with Crippen molar-refractivity contribution in [3.63, 3.8) is 0 Å². The lowest BCUT2D eigenvalue weighted by Gasteiger charge is -2.38. The van der Waals surface area contributed by atoms with E-state index in [2.05, 4.69) is 15.4 Å². The molecule has 2 aliphatic carbocycles. The quantitative estimate of drug-likeness (QED) is 0.361. The van der Waals surface area contributed by atoms with Gasteiger partial charge in [-0.15, -0.1) is 0 Å². The summed E-state index contributed by atoms with van der Waals surface area (Å²) in [6.45, 7) is 10.4. The van der Waals surface area contributed by atoms with E-state index in [1.807, 2.05) is 13.8 Å². The zero-order valence-corrected chi connectivity index (χ0v) is 24.1. The van der Waals surface area contributed by atoms with Crippen LogP contribution in [0.5, 0.6) is 0 Å². The molecule has 0 spiro atoms. The Balaban J connectivity index is 1.83. The van der Waals surface area contributed by atoms with Crippen molar-refractivity contribution in [3.05, 3.63) is 0 Å². The summed E-state index contributed by atoms with van der Waals surface area (Å²) in [7, 11) is 0. The number of fused-ring (bicyclic) bond motifs is 1. The molecule has 1 aliphatic heterocycles. The first kappa shape index (κ1) is 31.7. The molecule has 3 aliphatic rings. The molecule has 4 amide bonds.